The lowest BCUT2D eigenvalue weighted by atomic mass is 10.1. The summed E-state index contributed by atoms with van der Waals surface area (Å²) in [6, 6.07) is 8.15. The third kappa shape index (κ3) is 3.95. The van der Waals surface area contributed by atoms with E-state index in [4.69, 9.17) is 0 Å². The van der Waals surface area contributed by atoms with Gasteiger partial charge in [-0.05, 0) is 35.6 Å². The van der Waals surface area contributed by atoms with Crippen LogP contribution in [0.4, 0.5) is 10.2 Å². The molecule has 6 nitrogen and oxygen atoms in total. The van der Waals surface area contributed by atoms with E-state index in [1.54, 1.807) is 12.3 Å². The van der Waals surface area contributed by atoms with Crippen LogP contribution in [0.25, 0.3) is 11.0 Å². The van der Waals surface area contributed by atoms with Crippen molar-refractivity contribution in [1.29, 1.82) is 0 Å². The smallest absolute Gasteiger partial charge is 0.235 e. The standard InChI is InChI=1S/C19H18FN5OS/c20-13-3-1-2-12(10-13)4-7-22-19(26)16-15(6-9-27-16)25-18-14-5-8-21-17(14)23-11-24-18/h1-3,5-6,8-11,15-16H,4,7H2,(H,22,26)(H2,21,23,24,25). The molecule has 3 aromatic rings. The molecular formula is C19H18FN5OS. The van der Waals surface area contributed by atoms with Gasteiger partial charge in [0.1, 0.15) is 28.9 Å². The van der Waals surface area contributed by atoms with Crippen LogP contribution in [0.1, 0.15) is 5.56 Å². The highest BCUT2D eigenvalue weighted by Crippen LogP contribution is 2.28. The van der Waals surface area contributed by atoms with Crippen molar-refractivity contribution in [2.24, 2.45) is 0 Å². The fraction of sp³-hybridized carbons (Fsp3) is 0.211. The predicted molar refractivity (Wildman–Crippen MR) is 105 cm³/mol. The molecular weight excluding hydrogens is 365 g/mol. The van der Waals surface area contributed by atoms with Crippen molar-refractivity contribution in [2.45, 2.75) is 17.7 Å². The Morgan fingerprint density at radius 2 is 2.22 bits per heavy atom. The summed E-state index contributed by atoms with van der Waals surface area (Å²) < 4.78 is 13.2. The largest absolute Gasteiger partial charge is 0.362 e. The quantitative estimate of drug-likeness (QED) is 0.610. The number of nitrogens with one attached hydrogen (secondary N) is 3. The van der Waals surface area contributed by atoms with Gasteiger partial charge in [-0.2, -0.15) is 0 Å². The maximum atomic E-state index is 13.2. The van der Waals surface area contributed by atoms with Gasteiger partial charge in [-0.1, -0.05) is 18.2 Å². The molecule has 3 N–H and O–H groups in total. The topological polar surface area (TPSA) is 82.7 Å². The Bertz CT molecular complexity index is 989. The molecule has 0 spiro atoms. The van der Waals surface area contributed by atoms with Crippen molar-refractivity contribution in [3.8, 4) is 0 Å². The van der Waals surface area contributed by atoms with Crippen LogP contribution in [0.15, 0.2) is 54.3 Å². The molecule has 0 aliphatic carbocycles. The molecule has 2 unspecified atom stereocenters. The first-order valence-electron chi connectivity index (χ1n) is 8.59. The van der Waals surface area contributed by atoms with Crippen molar-refractivity contribution >= 4 is 34.5 Å². The first kappa shape index (κ1) is 17.5. The lowest BCUT2D eigenvalue weighted by Crippen LogP contribution is -2.41. The average molecular weight is 383 g/mol. The molecule has 0 bridgehead atoms. The van der Waals surface area contributed by atoms with Crippen LogP contribution in [0, 0.1) is 5.82 Å². The number of rotatable bonds is 6. The van der Waals surface area contributed by atoms with Crippen molar-refractivity contribution in [3.05, 3.63) is 65.7 Å². The third-order valence-electron chi connectivity index (χ3n) is 4.35. The highest BCUT2D eigenvalue weighted by atomic mass is 32.2. The average Bonchev–Trinajstić information content (AvgIpc) is 3.31. The highest BCUT2D eigenvalue weighted by molar-refractivity contribution is 8.03. The van der Waals surface area contributed by atoms with Crippen LogP contribution < -0.4 is 10.6 Å². The van der Waals surface area contributed by atoms with Crippen LogP contribution in [0.2, 0.25) is 0 Å². The minimum absolute atomic E-state index is 0.0572. The summed E-state index contributed by atoms with van der Waals surface area (Å²) in [5.41, 5.74) is 1.61. The van der Waals surface area contributed by atoms with Gasteiger partial charge in [-0.15, -0.1) is 11.8 Å². The molecule has 0 radical (unpaired) electrons. The summed E-state index contributed by atoms with van der Waals surface area (Å²) >= 11 is 1.47. The van der Waals surface area contributed by atoms with Crippen LogP contribution in [-0.2, 0) is 11.2 Å². The minimum Gasteiger partial charge on any atom is -0.362 e. The van der Waals surface area contributed by atoms with Crippen molar-refractivity contribution in [3.63, 3.8) is 0 Å². The number of aromatic nitrogens is 3. The Hall–Kier alpha value is -2.87. The van der Waals surface area contributed by atoms with E-state index in [0.29, 0.717) is 18.8 Å². The second-order valence-electron chi connectivity index (χ2n) is 6.19. The van der Waals surface area contributed by atoms with Crippen molar-refractivity contribution in [1.82, 2.24) is 20.3 Å². The Balaban J connectivity index is 1.36. The molecule has 27 heavy (non-hydrogen) atoms. The molecule has 1 aliphatic rings. The fourth-order valence-corrected chi connectivity index (χ4v) is 3.98. The van der Waals surface area contributed by atoms with Gasteiger partial charge in [0.25, 0.3) is 0 Å². The number of halogens is 1. The number of carbonyl (C=O) groups excluding carboxylic acids is 1. The molecule has 2 aromatic heterocycles. The van der Waals surface area contributed by atoms with Gasteiger partial charge in [0.05, 0.1) is 11.4 Å². The van der Waals surface area contributed by atoms with Gasteiger partial charge in [0, 0.05) is 12.7 Å². The van der Waals surface area contributed by atoms with Crippen molar-refractivity contribution < 1.29 is 9.18 Å². The van der Waals surface area contributed by atoms with E-state index in [2.05, 4.69) is 25.6 Å². The summed E-state index contributed by atoms with van der Waals surface area (Å²) in [6.45, 7) is 0.460. The number of nitrogens with zero attached hydrogens (tertiary/aromatic N) is 2. The van der Waals surface area contributed by atoms with Crippen LogP contribution in [0.5, 0.6) is 0 Å². The van der Waals surface area contributed by atoms with Crippen molar-refractivity contribution in [2.75, 3.05) is 11.9 Å². The van der Waals surface area contributed by atoms with Gasteiger partial charge >= 0.3 is 0 Å². The molecule has 138 valence electrons. The summed E-state index contributed by atoms with van der Waals surface area (Å²) in [7, 11) is 0. The number of carbonyl (C=O) groups is 1. The number of H-pyrrole nitrogens is 1. The molecule has 4 rings (SSSR count). The summed E-state index contributed by atoms with van der Waals surface area (Å²) in [4.78, 5) is 24.1. The Kier molecular flexibility index (Phi) is 5.06. The summed E-state index contributed by atoms with van der Waals surface area (Å²) in [5.74, 6) is 0.369. The van der Waals surface area contributed by atoms with Gasteiger partial charge in [0.15, 0.2) is 0 Å². The summed E-state index contributed by atoms with van der Waals surface area (Å²) in [6.07, 6.45) is 5.84. The second kappa shape index (κ2) is 7.79. The normalized spacial score (nSPS) is 18.7. The number of thioether (sulfide) groups is 1. The minimum atomic E-state index is -0.290. The third-order valence-corrected chi connectivity index (χ3v) is 5.47. The van der Waals surface area contributed by atoms with Crippen LogP contribution in [0.3, 0.4) is 0 Å². The number of fused-ring (bicyclic) bond motifs is 1. The van der Waals surface area contributed by atoms with E-state index in [1.807, 2.05) is 23.6 Å². The zero-order valence-corrected chi connectivity index (χ0v) is 15.2. The second-order valence-corrected chi connectivity index (χ2v) is 7.24. The van der Waals surface area contributed by atoms with Gasteiger partial charge < -0.3 is 15.6 Å². The Morgan fingerprint density at radius 3 is 3.11 bits per heavy atom. The lowest BCUT2D eigenvalue weighted by molar-refractivity contribution is -0.120. The molecule has 8 heteroatoms. The number of anilines is 1. The zero-order chi connectivity index (χ0) is 18.6. The first-order valence-corrected chi connectivity index (χ1v) is 9.54. The molecule has 3 heterocycles. The maximum Gasteiger partial charge on any atom is 0.235 e. The number of hydrogen-bond acceptors (Lipinski definition) is 5. The van der Waals surface area contributed by atoms with E-state index >= 15 is 0 Å². The maximum absolute atomic E-state index is 13.2. The van der Waals surface area contributed by atoms with Gasteiger partial charge in [-0.25, -0.2) is 14.4 Å². The van der Waals surface area contributed by atoms with E-state index in [0.717, 1.165) is 16.6 Å². The van der Waals surface area contributed by atoms with E-state index in [-0.39, 0.29) is 23.0 Å². The fourth-order valence-electron chi connectivity index (χ4n) is 3.02. The van der Waals surface area contributed by atoms with Crippen LogP contribution >= 0.6 is 11.8 Å². The van der Waals surface area contributed by atoms with E-state index < -0.39 is 0 Å². The SMILES string of the molecule is O=C(NCCc1cccc(F)c1)C1SC=CC1Nc1ncnc2[nH]ccc12. The van der Waals surface area contributed by atoms with Crippen LogP contribution in [-0.4, -0.2) is 38.7 Å². The first-order chi connectivity index (χ1) is 13.2. The monoisotopic (exact) mass is 383 g/mol. The number of hydrogen-bond donors (Lipinski definition) is 3. The molecule has 0 fully saturated rings. The lowest BCUT2D eigenvalue weighted by Gasteiger charge is -2.20. The Morgan fingerprint density at radius 1 is 1.30 bits per heavy atom. The molecule has 2 atom stereocenters. The highest BCUT2D eigenvalue weighted by Gasteiger charge is 2.30. The van der Waals surface area contributed by atoms with Gasteiger partial charge in [0.2, 0.25) is 5.91 Å². The Labute approximate surface area is 159 Å². The van der Waals surface area contributed by atoms with E-state index in [9.17, 15) is 9.18 Å². The molecule has 1 amide bonds. The zero-order valence-electron chi connectivity index (χ0n) is 14.4. The number of amides is 1. The van der Waals surface area contributed by atoms with Gasteiger partial charge in [-0.3, -0.25) is 4.79 Å². The molecule has 1 aliphatic heterocycles. The molecule has 1 aromatic carbocycles. The predicted octanol–water partition coefficient (Wildman–Crippen LogP) is 2.87. The number of aromatic amines is 1. The molecule has 0 saturated carbocycles. The molecule has 0 saturated heterocycles. The van der Waals surface area contributed by atoms with E-state index in [1.165, 1.54) is 30.2 Å². The summed E-state index contributed by atoms with van der Waals surface area (Å²) in [5, 5.41) is 8.78. The number of benzene rings is 1.